The molecular formula is C23H21ClO4. The van der Waals surface area contributed by atoms with Gasteiger partial charge < -0.3 is 14.2 Å². The summed E-state index contributed by atoms with van der Waals surface area (Å²) in [6.45, 7) is 2.12. The average Bonchev–Trinajstić information content (AvgIpc) is 2.73. The molecule has 0 heterocycles. The van der Waals surface area contributed by atoms with Crippen LogP contribution in [0, 0.1) is 6.92 Å². The summed E-state index contributed by atoms with van der Waals surface area (Å²) >= 11 is 6.24. The van der Waals surface area contributed by atoms with Crippen LogP contribution in [-0.2, 0) is 16.1 Å². The van der Waals surface area contributed by atoms with E-state index in [2.05, 4.69) is 0 Å². The summed E-state index contributed by atoms with van der Waals surface area (Å²) < 4.78 is 17.0. The monoisotopic (exact) mass is 396 g/mol. The molecule has 4 nitrogen and oxygen atoms in total. The number of carbonyl (C=O) groups is 1. The number of aryl methyl sites for hydroxylation is 1. The van der Waals surface area contributed by atoms with Crippen molar-refractivity contribution in [3.63, 3.8) is 0 Å². The summed E-state index contributed by atoms with van der Waals surface area (Å²) in [4.78, 5) is 12.1. The van der Waals surface area contributed by atoms with Crippen LogP contribution in [0.3, 0.4) is 0 Å². The first-order chi connectivity index (χ1) is 13.6. The van der Waals surface area contributed by atoms with E-state index in [9.17, 15) is 4.79 Å². The molecule has 0 spiro atoms. The van der Waals surface area contributed by atoms with Crippen molar-refractivity contribution in [3.05, 3.63) is 100 Å². The molecule has 0 aliphatic heterocycles. The molecule has 0 aliphatic carbocycles. The molecule has 3 aromatic carbocycles. The lowest BCUT2D eigenvalue weighted by Crippen LogP contribution is -2.14. The Bertz CT molecular complexity index is 940. The number of ether oxygens (including phenoxy) is 3. The molecule has 0 aromatic heterocycles. The number of carbonyl (C=O) groups excluding carboxylic acids is 1. The maximum atomic E-state index is 12.1. The number of rotatable bonds is 7. The zero-order chi connectivity index (χ0) is 19.9. The molecule has 0 saturated carbocycles. The van der Waals surface area contributed by atoms with Gasteiger partial charge in [0.1, 0.15) is 5.75 Å². The molecule has 5 heteroatoms. The number of hydrogen-bond donors (Lipinski definition) is 0. The normalized spacial score (nSPS) is 11.7. The van der Waals surface area contributed by atoms with Crippen LogP contribution in [0.15, 0.2) is 72.8 Å². The Hall–Kier alpha value is -2.82. The highest BCUT2D eigenvalue weighted by Crippen LogP contribution is 2.27. The molecule has 0 fully saturated rings. The van der Waals surface area contributed by atoms with Crippen molar-refractivity contribution < 1.29 is 19.0 Å². The summed E-state index contributed by atoms with van der Waals surface area (Å²) in [6.07, 6.45) is -0.720. The molecule has 0 saturated heterocycles. The molecule has 1 atom stereocenters. The van der Waals surface area contributed by atoms with Gasteiger partial charge in [0.15, 0.2) is 0 Å². The molecular weight excluding hydrogens is 376 g/mol. The summed E-state index contributed by atoms with van der Waals surface area (Å²) in [5, 5.41) is 0.625. The van der Waals surface area contributed by atoms with Gasteiger partial charge in [0.05, 0.1) is 19.3 Å². The third-order valence-corrected chi connectivity index (χ3v) is 4.64. The number of methoxy groups -OCH3 is 1. The minimum absolute atomic E-state index is 0.263. The quantitative estimate of drug-likeness (QED) is 0.378. The fourth-order valence-corrected chi connectivity index (χ4v) is 2.91. The first kappa shape index (κ1) is 19.9. The second kappa shape index (κ2) is 9.40. The molecule has 144 valence electrons. The van der Waals surface area contributed by atoms with E-state index in [1.807, 2.05) is 73.7 Å². The standard InChI is InChI=1S/C23H21ClO4/c1-16-12-13-17(14-20(16)22(25)26-2)23(28-19-9-4-3-5-10-19)27-15-18-8-6-7-11-21(18)24/h3-14,23H,15H2,1-2H3. The smallest absolute Gasteiger partial charge is 0.338 e. The topological polar surface area (TPSA) is 44.8 Å². The van der Waals surface area contributed by atoms with E-state index >= 15 is 0 Å². The first-order valence-electron chi connectivity index (χ1n) is 8.84. The van der Waals surface area contributed by atoms with Crippen LogP contribution in [0.4, 0.5) is 0 Å². The number of benzene rings is 3. The van der Waals surface area contributed by atoms with E-state index in [0.717, 1.165) is 11.1 Å². The van der Waals surface area contributed by atoms with Gasteiger partial charge in [-0.15, -0.1) is 0 Å². The van der Waals surface area contributed by atoms with E-state index in [1.54, 1.807) is 6.07 Å². The van der Waals surface area contributed by atoms with Gasteiger partial charge in [-0.1, -0.05) is 60.1 Å². The Morgan fingerprint density at radius 2 is 1.71 bits per heavy atom. The number of hydrogen-bond acceptors (Lipinski definition) is 4. The van der Waals surface area contributed by atoms with Crippen LogP contribution in [0.5, 0.6) is 5.75 Å². The number of esters is 1. The van der Waals surface area contributed by atoms with Crippen molar-refractivity contribution in [2.75, 3.05) is 7.11 Å². The van der Waals surface area contributed by atoms with Crippen LogP contribution in [0.1, 0.15) is 33.3 Å². The Kier molecular flexibility index (Phi) is 6.69. The van der Waals surface area contributed by atoms with E-state index in [4.69, 9.17) is 25.8 Å². The predicted octanol–water partition coefficient (Wildman–Crippen LogP) is 5.73. The molecule has 1 unspecified atom stereocenters. The Morgan fingerprint density at radius 1 is 1.00 bits per heavy atom. The van der Waals surface area contributed by atoms with Crippen LogP contribution >= 0.6 is 11.6 Å². The number of halogens is 1. The van der Waals surface area contributed by atoms with Crippen LogP contribution < -0.4 is 4.74 Å². The average molecular weight is 397 g/mol. The lowest BCUT2D eigenvalue weighted by atomic mass is 10.0. The van der Waals surface area contributed by atoms with Crippen LogP contribution in [0.2, 0.25) is 5.02 Å². The van der Waals surface area contributed by atoms with Crippen molar-refractivity contribution in [2.45, 2.75) is 19.8 Å². The first-order valence-corrected chi connectivity index (χ1v) is 9.22. The Labute approximate surface area is 169 Å². The third-order valence-electron chi connectivity index (χ3n) is 4.27. The van der Waals surface area contributed by atoms with Crippen LogP contribution in [-0.4, -0.2) is 13.1 Å². The second-order valence-corrected chi connectivity index (χ2v) is 6.64. The van der Waals surface area contributed by atoms with Crippen molar-refractivity contribution in [3.8, 4) is 5.75 Å². The Balaban J connectivity index is 1.89. The zero-order valence-corrected chi connectivity index (χ0v) is 16.5. The van der Waals surface area contributed by atoms with Gasteiger partial charge in [-0.2, -0.15) is 0 Å². The molecule has 0 N–H and O–H groups in total. The fourth-order valence-electron chi connectivity index (χ4n) is 2.72. The summed E-state index contributed by atoms with van der Waals surface area (Å²) in [7, 11) is 1.36. The van der Waals surface area contributed by atoms with Crippen molar-refractivity contribution in [2.24, 2.45) is 0 Å². The van der Waals surface area contributed by atoms with E-state index < -0.39 is 12.3 Å². The second-order valence-electron chi connectivity index (χ2n) is 6.23. The summed E-state index contributed by atoms with van der Waals surface area (Å²) in [5.74, 6) is 0.260. The molecule has 28 heavy (non-hydrogen) atoms. The highest BCUT2D eigenvalue weighted by molar-refractivity contribution is 6.31. The highest BCUT2D eigenvalue weighted by Gasteiger charge is 2.19. The van der Waals surface area contributed by atoms with Crippen LogP contribution in [0.25, 0.3) is 0 Å². The highest BCUT2D eigenvalue weighted by atomic mass is 35.5. The SMILES string of the molecule is COC(=O)c1cc(C(OCc2ccccc2Cl)Oc2ccccc2)ccc1C. The molecule has 0 aliphatic rings. The maximum absolute atomic E-state index is 12.1. The van der Waals surface area contributed by atoms with E-state index in [0.29, 0.717) is 21.9 Å². The molecule has 3 rings (SSSR count). The predicted molar refractivity (Wildman–Crippen MR) is 109 cm³/mol. The van der Waals surface area contributed by atoms with Gasteiger partial charge in [-0.05, 0) is 42.3 Å². The molecule has 0 amide bonds. The van der Waals surface area contributed by atoms with Gasteiger partial charge in [-0.3, -0.25) is 0 Å². The van der Waals surface area contributed by atoms with E-state index in [-0.39, 0.29) is 6.61 Å². The fraction of sp³-hybridized carbons (Fsp3) is 0.174. The van der Waals surface area contributed by atoms with Gasteiger partial charge >= 0.3 is 5.97 Å². The largest absolute Gasteiger partial charge is 0.465 e. The van der Waals surface area contributed by atoms with Gasteiger partial charge in [0.2, 0.25) is 6.29 Å². The molecule has 3 aromatic rings. The third kappa shape index (κ3) is 4.91. The minimum atomic E-state index is -0.720. The van der Waals surface area contributed by atoms with Gasteiger partial charge in [0.25, 0.3) is 0 Å². The van der Waals surface area contributed by atoms with E-state index in [1.165, 1.54) is 7.11 Å². The van der Waals surface area contributed by atoms with Gasteiger partial charge in [0, 0.05) is 10.6 Å². The lowest BCUT2D eigenvalue weighted by Gasteiger charge is -2.21. The molecule has 0 radical (unpaired) electrons. The van der Waals surface area contributed by atoms with Crippen molar-refractivity contribution >= 4 is 17.6 Å². The van der Waals surface area contributed by atoms with Crippen molar-refractivity contribution in [1.29, 1.82) is 0 Å². The zero-order valence-electron chi connectivity index (χ0n) is 15.7. The minimum Gasteiger partial charge on any atom is -0.465 e. The summed E-state index contributed by atoms with van der Waals surface area (Å²) in [5.41, 5.74) is 2.86. The number of para-hydroxylation sites is 1. The molecule has 0 bridgehead atoms. The van der Waals surface area contributed by atoms with Gasteiger partial charge in [-0.25, -0.2) is 4.79 Å². The Morgan fingerprint density at radius 3 is 2.43 bits per heavy atom. The summed E-state index contributed by atoms with van der Waals surface area (Å²) in [6, 6.07) is 22.3. The maximum Gasteiger partial charge on any atom is 0.338 e. The lowest BCUT2D eigenvalue weighted by molar-refractivity contribution is -0.0929. The van der Waals surface area contributed by atoms with Crippen molar-refractivity contribution in [1.82, 2.24) is 0 Å².